The third-order valence-corrected chi connectivity index (χ3v) is 4.91. The van der Waals surface area contributed by atoms with Crippen LogP contribution in [0.25, 0.3) is 11.3 Å². The summed E-state index contributed by atoms with van der Waals surface area (Å²) >= 11 is 0. The molecule has 0 aliphatic carbocycles. The largest absolute Gasteiger partial charge is 0.481 e. The molecule has 7 heteroatoms. The molecule has 1 atom stereocenters. The van der Waals surface area contributed by atoms with Crippen LogP contribution in [0, 0.1) is 18.7 Å². The highest BCUT2D eigenvalue weighted by Crippen LogP contribution is 2.27. The van der Waals surface area contributed by atoms with E-state index >= 15 is 0 Å². The van der Waals surface area contributed by atoms with Gasteiger partial charge in [-0.3, -0.25) is 14.4 Å². The van der Waals surface area contributed by atoms with Crippen LogP contribution in [0.1, 0.15) is 17.0 Å². The number of aromatic nitrogens is 2. The van der Waals surface area contributed by atoms with Gasteiger partial charge in [-0.15, -0.1) is 0 Å². The lowest BCUT2D eigenvalue weighted by Gasteiger charge is -2.20. The molecule has 140 valence electrons. The molecule has 0 bridgehead atoms. The summed E-state index contributed by atoms with van der Waals surface area (Å²) < 4.78 is 21.0. The van der Waals surface area contributed by atoms with Crippen molar-refractivity contribution in [2.24, 2.45) is 5.92 Å². The van der Waals surface area contributed by atoms with Gasteiger partial charge in [0.15, 0.2) is 0 Å². The second kappa shape index (κ2) is 7.00. The fourth-order valence-electron chi connectivity index (χ4n) is 3.54. The minimum atomic E-state index is -0.828. The third kappa shape index (κ3) is 3.64. The summed E-state index contributed by atoms with van der Waals surface area (Å²) in [5, 5.41) is 13.7. The molecular weight excluding hydrogens is 349 g/mol. The van der Waals surface area contributed by atoms with Gasteiger partial charge in [0.25, 0.3) is 0 Å². The Bertz CT molecular complexity index is 979. The smallest absolute Gasteiger partial charge is 0.309 e. The van der Waals surface area contributed by atoms with Crippen molar-refractivity contribution in [2.45, 2.75) is 26.6 Å². The zero-order valence-electron chi connectivity index (χ0n) is 14.9. The number of furan rings is 1. The molecule has 6 nitrogen and oxygen atoms in total. The van der Waals surface area contributed by atoms with E-state index < -0.39 is 11.9 Å². The van der Waals surface area contributed by atoms with E-state index in [2.05, 4.69) is 10.00 Å². The van der Waals surface area contributed by atoms with Crippen LogP contribution in [-0.2, 0) is 24.4 Å². The Balaban J connectivity index is 1.55. The lowest BCUT2D eigenvalue weighted by Crippen LogP contribution is -2.31. The molecule has 1 aromatic carbocycles. The Hall–Kier alpha value is -2.93. The number of carboxylic acid groups (broad SMARTS) is 1. The number of aliphatic carboxylic acids is 1. The summed E-state index contributed by atoms with van der Waals surface area (Å²) in [6.45, 7) is 3.73. The highest BCUT2D eigenvalue weighted by Gasteiger charge is 2.27. The Morgan fingerprint density at radius 1 is 1.30 bits per heavy atom. The Morgan fingerprint density at radius 3 is 2.93 bits per heavy atom. The molecule has 1 aliphatic heterocycles. The molecule has 3 heterocycles. The van der Waals surface area contributed by atoms with Crippen LogP contribution < -0.4 is 0 Å². The number of rotatable bonds is 4. The van der Waals surface area contributed by atoms with Crippen LogP contribution in [0.4, 0.5) is 4.39 Å². The van der Waals surface area contributed by atoms with Crippen molar-refractivity contribution in [1.29, 1.82) is 0 Å². The van der Waals surface area contributed by atoms with Crippen molar-refractivity contribution in [3.63, 3.8) is 0 Å². The SMILES string of the molecule is Cc1cc(F)ccc1-c1ccc(CN2Cc3ccnn3CC(C(=O)O)C2)o1. The average molecular weight is 369 g/mol. The maximum absolute atomic E-state index is 13.3. The summed E-state index contributed by atoms with van der Waals surface area (Å²) in [4.78, 5) is 13.6. The van der Waals surface area contributed by atoms with Crippen LogP contribution in [0.2, 0.25) is 0 Å². The molecule has 1 aliphatic rings. The fraction of sp³-hybridized carbons (Fsp3) is 0.300. The van der Waals surface area contributed by atoms with E-state index in [4.69, 9.17) is 4.42 Å². The van der Waals surface area contributed by atoms with E-state index in [9.17, 15) is 14.3 Å². The monoisotopic (exact) mass is 369 g/mol. The lowest BCUT2D eigenvalue weighted by atomic mass is 10.1. The number of nitrogens with zero attached hydrogens (tertiary/aromatic N) is 3. The van der Waals surface area contributed by atoms with E-state index in [0.29, 0.717) is 31.9 Å². The van der Waals surface area contributed by atoms with Crippen LogP contribution in [-0.4, -0.2) is 32.3 Å². The number of aryl methyl sites for hydroxylation is 1. The van der Waals surface area contributed by atoms with Gasteiger partial charge in [0, 0.05) is 24.8 Å². The number of halogens is 1. The molecule has 1 N–H and O–H groups in total. The second-order valence-corrected chi connectivity index (χ2v) is 6.93. The van der Waals surface area contributed by atoms with Crippen LogP contribution in [0.15, 0.2) is 47.0 Å². The maximum atomic E-state index is 13.3. The first-order valence-electron chi connectivity index (χ1n) is 8.80. The molecule has 0 saturated carbocycles. The minimum absolute atomic E-state index is 0.274. The number of hydrogen-bond acceptors (Lipinski definition) is 4. The van der Waals surface area contributed by atoms with Crippen molar-refractivity contribution in [2.75, 3.05) is 6.54 Å². The summed E-state index contributed by atoms with van der Waals surface area (Å²) in [6, 6.07) is 10.3. The van der Waals surface area contributed by atoms with E-state index in [1.54, 1.807) is 16.9 Å². The number of benzene rings is 1. The zero-order chi connectivity index (χ0) is 19.0. The second-order valence-electron chi connectivity index (χ2n) is 6.93. The predicted octanol–water partition coefficient (Wildman–Crippen LogP) is 3.31. The molecule has 0 saturated heterocycles. The fourth-order valence-corrected chi connectivity index (χ4v) is 3.54. The van der Waals surface area contributed by atoms with Gasteiger partial charge in [0.2, 0.25) is 0 Å². The topological polar surface area (TPSA) is 71.5 Å². The normalized spacial score (nSPS) is 17.5. The first-order chi connectivity index (χ1) is 13.0. The molecule has 0 spiro atoms. The maximum Gasteiger partial charge on any atom is 0.309 e. The van der Waals surface area contributed by atoms with Gasteiger partial charge >= 0.3 is 5.97 Å². The summed E-state index contributed by atoms with van der Waals surface area (Å²) in [5.41, 5.74) is 2.64. The van der Waals surface area contributed by atoms with Crippen LogP contribution >= 0.6 is 0 Å². The molecule has 27 heavy (non-hydrogen) atoms. The number of carboxylic acids is 1. The first-order valence-corrected chi connectivity index (χ1v) is 8.80. The highest BCUT2D eigenvalue weighted by atomic mass is 19.1. The molecule has 0 amide bonds. The van der Waals surface area contributed by atoms with E-state index in [-0.39, 0.29) is 5.82 Å². The van der Waals surface area contributed by atoms with Crippen molar-refractivity contribution in [1.82, 2.24) is 14.7 Å². The first kappa shape index (κ1) is 17.5. The minimum Gasteiger partial charge on any atom is -0.481 e. The van der Waals surface area contributed by atoms with E-state index in [1.165, 1.54) is 12.1 Å². The Kier molecular flexibility index (Phi) is 4.53. The molecule has 0 radical (unpaired) electrons. The van der Waals surface area contributed by atoms with Gasteiger partial charge in [-0.05, 0) is 48.9 Å². The summed E-state index contributed by atoms with van der Waals surface area (Å²) in [7, 11) is 0. The standard InChI is InChI=1S/C20H20FN3O3/c1-13-8-15(21)2-4-18(13)19-5-3-17(27-19)12-23-9-14(20(25)26)10-24-16(11-23)6-7-22-24/h2-8,14H,9-12H2,1H3,(H,25,26). The van der Waals surface area contributed by atoms with Crippen LogP contribution in [0.5, 0.6) is 0 Å². The molecule has 4 rings (SSSR count). The summed E-state index contributed by atoms with van der Waals surface area (Å²) in [5.74, 6) is -0.211. The Morgan fingerprint density at radius 2 is 2.15 bits per heavy atom. The van der Waals surface area contributed by atoms with E-state index in [0.717, 1.165) is 22.6 Å². The van der Waals surface area contributed by atoms with Crippen molar-refractivity contribution in [3.05, 3.63) is 65.4 Å². The molecule has 3 aromatic rings. The molecule has 1 unspecified atom stereocenters. The number of hydrogen-bond donors (Lipinski definition) is 1. The quantitative estimate of drug-likeness (QED) is 0.764. The average Bonchev–Trinajstić information content (AvgIpc) is 3.20. The van der Waals surface area contributed by atoms with Gasteiger partial charge < -0.3 is 9.52 Å². The van der Waals surface area contributed by atoms with Gasteiger partial charge in [-0.25, -0.2) is 4.39 Å². The van der Waals surface area contributed by atoms with Gasteiger partial charge in [-0.2, -0.15) is 5.10 Å². The van der Waals surface area contributed by atoms with Crippen molar-refractivity contribution in [3.8, 4) is 11.3 Å². The molecular formula is C20H20FN3O3. The highest BCUT2D eigenvalue weighted by molar-refractivity contribution is 5.70. The van der Waals surface area contributed by atoms with E-state index in [1.807, 2.05) is 25.1 Å². The van der Waals surface area contributed by atoms with Gasteiger partial charge in [0.1, 0.15) is 17.3 Å². The Labute approximate surface area is 155 Å². The summed E-state index contributed by atoms with van der Waals surface area (Å²) in [6.07, 6.45) is 1.69. The number of fused-ring (bicyclic) bond motifs is 1. The third-order valence-electron chi connectivity index (χ3n) is 4.91. The van der Waals surface area contributed by atoms with Crippen LogP contribution in [0.3, 0.4) is 0 Å². The predicted molar refractivity (Wildman–Crippen MR) is 96.3 cm³/mol. The zero-order valence-corrected chi connectivity index (χ0v) is 14.9. The number of carbonyl (C=O) groups is 1. The lowest BCUT2D eigenvalue weighted by molar-refractivity contribution is -0.142. The van der Waals surface area contributed by atoms with Gasteiger partial charge in [0.05, 0.1) is 24.7 Å². The van der Waals surface area contributed by atoms with Gasteiger partial charge in [-0.1, -0.05) is 0 Å². The molecule has 0 fully saturated rings. The van der Waals surface area contributed by atoms with Crippen molar-refractivity contribution < 1.29 is 18.7 Å². The molecule has 2 aromatic heterocycles. The van der Waals surface area contributed by atoms with Crippen molar-refractivity contribution >= 4 is 5.97 Å².